The van der Waals surface area contributed by atoms with E-state index in [0.29, 0.717) is 25.0 Å². The number of aromatic nitrogens is 1. The number of amides is 1. The predicted octanol–water partition coefficient (Wildman–Crippen LogP) is 2.27. The molecule has 0 radical (unpaired) electrons. The van der Waals surface area contributed by atoms with Crippen LogP contribution in [0.3, 0.4) is 0 Å². The van der Waals surface area contributed by atoms with Gasteiger partial charge in [0.2, 0.25) is 5.91 Å². The first kappa shape index (κ1) is 22.0. The fourth-order valence-electron chi connectivity index (χ4n) is 3.52. The topological polar surface area (TPSA) is 95.6 Å². The second kappa shape index (κ2) is 10.9. The molecule has 1 aliphatic heterocycles. The lowest BCUT2D eigenvalue weighted by atomic mass is 9.97. The molecular weight excluding hydrogens is 352 g/mol. The molecule has 2 unspecified atom stereocenters. The number of rotatable bonds is 8. The van der Waals surface area contributed by atoms with Gasteiger partial charge in [-0.05, 0) is 44.6 Å². The zero-order valence-electron chi connectivity index (χ0n) is 17.7. The Morgan fingerprint density at radius 3 is 2.86 bits per heavy atom. The van der Waals surface area contributed by atoms with Gasteiger partial charge in [-0.2, -0.15) is 0 Å². The van der Waals surface area contributed by atoms with Crippen molar-refractivity contribution in [3.63, 3.8) is 0 Å². The summed E-state index contributed by atoms with van der Waals surface area (Å²) in [5, 5.41) is 6.86. The quantitative estimate of drug-likeness (QED) is 0.469. The molecule has 1 saturated heterocycles. The lowest BCUT2D eigenvalue weighted by Crippen LogP contribution is -2.43. The standard InChI is InChI=1S/C21H36N6O/c1-15(2)9-10-16(3)26-21(23-4)25-13-17-7-5-11-24-20(17)27-12-6-8-18(14-27)19(22)28/h5,7,11,15-16,18H,6,8-10,12-14H2,1-4H3,(H2,22,28)(H2,23,25,26). The van der Waals surface area contributed by atoms with Crippen molar-refractivity contribution in [2.24, 2.45) is 22.6 Å². The van der Waals surface area contributed by atoms with Crippen molar-refractivity contribution >= 4 is 17.7 Å². The number of aliphatic imine (C=N–C) groups is 1. The fourth-order valence-corrected chi connectivity index (χ4v) is 3.52. The van der Waals surface area contributed by atoms with Gasteiger partial charge in [0.05, 0.1) is 5.92 Å². The van der Waals surface area contributed by atoms with Crippen molar-refractivity contribution < 1.29 is 4.79 Å². The Kier molecular flexibility index (Phi) is 8.54. The summed E-state index contributed by atoms with van der Waals surface area (Å²) in [6, 6.07) is 4.37. The largest absolute Gasteiger partial charge is 0.369 e. The number of hydrogen-bond donors (Lipinski definition) is 3. The van der Waals surface area contributed by atoms with Gasteiger partial charge in [-0.15, -0.1) is 0 Å². The van der Waals surface area contributed by atoms with E-state index in [9.17, 15) is 4.79 Å². The third-order valence-electron chi connectivity index (χ3n) is 5.22. The predicted molar refractivity (Wildman–Crippen MR) is 115 cm³/mol. The van der Waals surface area contributed by atoms with E-state index in [1.807, 2.05) is 6.07 Å². The molecule has 0 bridgehead atoms. The molecule has 0 aromatic carbocycles. The molecule has 2 heterocycles. The van der Waals surface area contributed by atoms with Crippen LogP contribution in [-0.4, -0.2) is 43.0 Å². The number of hydrogen-bond acceptors (Lipinski definition) is 4. The number of guanidine groups is 1. The summed E-state index contributed by atoms with van der Waals surface area (Å²) in [7, 11) is 1.79. The molecule has 1 aromatic heterocycles. The van der Waals surface area contributed by atoms with E-state index in [4.69, 9.17) is 5.73 Å². The molecule has 1 aromatic rings. The fraction of sp³-hybridized carbons (Fsp3) is 0.667. The molecule has 28 heavy (non-hydrogen) atoms. The molecule has 2 atom stereocenters. The second-order valence-corrected chi connectivity index (χ2v) is 8.12. The van der Waals surface area contributed by atoms with Gasteiger partial charge in [-0.25, -0.2) is 4.98 Å². The monoisotopic (exact) mass is 388 g/mol. The molecule has 156 valence electrons. The summed E-state index contributed by atoms with van der Waals surface area (Å²) in [4.78, 5) is 22.7. The van der Waals surface area contributed by atoms with Crippen LogP contribution in [0.1, 0.15) is 52.0 Å². The van der Waals surface area contributed by atoms with Crippen LogP contribution in [0.15, 0.2) is 23.3 Å². The Morgan fingerprint density at radius 2 is 2.18 bits per heavy atom. The Hall–Kier alpha value is -2.31. The second-order valence-electron chi connectivity index (χ2n) is 8.12. The molecule has 2 rings (SSSR count). The summed E-state index contributed by atoms with van der Waals surface area (Å²) >= 11 is 0. The molecule has 1 aliphatic rings. The first-order valence-electron chi connectivity index (χ1n) is 10.4. The molecule has 7 nitrogen and oxygen atoms in total. The SMILES string of the molecule is CN=C(NCc1cccnc1N1CCCC(C(N)=O)C1)NC(C)CCC(C)C. The lowest BCUT2D eigenvalue weighted by Gasteiger charge is -2.33. The van der Waals surface area contributed by atoms with Crippen LogP contribution in [0.5, 0.6) is 0 Å². The van der Waals surface area contributed by atoms with Crippen LogP contribution in [-0.2, 0) is 11.3 Å². The lowest BCUT2D eigenvalue weighted by molar-refractivity contribution is -0.122. The van der Waals surface area contributed by atoms with E-state index in [1.54, 1.807) is 13.2 Å². The number of anilines is 1. The average molecular weight is 389 g/mol. The van der Waals surface area contributed by atoms with Gasteiger partial charge in [-0.3, -0.25) is 9.79 Å². The van der Waals surface area contributed by atoms with Crippen molar-refractivity contribution in [1.82, 2.24) is 15.6 Å². The number of carbonyl (C=O) groups is 1. The van der Waals surface area contributed by atoms with Gasteiger partial charge in [-0.1, -0.05) is 19.9 Å². The molecule has 0 spiro atoms. The van der Waals surface area contributed by atoms with Gasteiger partial charge in [0, 0.05) is 44.5 Å². The van der Waals surface area contributed by atoms with Crippen molar-refractivity contribution in [3.8, 4) is 0 Å². The number of piperidine rings is 1. The van der Waals surface area contributed by atoms with Gasteiger partial charge in [0.25, 0.3) is 0 Å². The van der Waals surface area contributed by atoms with Gasteiger partial charge >= 0.3 is 0 Å². The number of nitrogens with two attached hydrogens (primary N) is 1. The molecule has 4 N–H and O–H groups in total. The molecule has 0 aliphatic carbocycles. The first-order chi connectivity index (χ1) is 13.4. The molecule has 7 heteroatoms. The molecule has 0 saturated carbocycles. The highest BCUT2D eigenvalue weighted by Crippen LogP contribution is 2.24. The van der Waals surface area contributed by atoms with Crippen LogP contribution in [0.4, 0.5) is 5.82 Å². The smallest absolute Gasteiger partial charge is 0.222 e. The normalized spacial score (nSPS) is 18.8. The third kappa shape index (κ3) is 6.69. The van der Waals surface area contributed by atoms with Crippen LogP contribution < -0.4 is 21.3 Å². The van der Waals surface area contributed by atoms with Crippen molar-refractivity contribution in [2.75, 3.05) is 25.0 Å². The van der Waals surface area contributed by atoms with E-state index >= 15 is 0 Å². The highest BCUT2D eigenvalue weighted by Gasteiger charge is 2.26. The van der Waals surface area contributed by atoms with Crippen molar-refractivity contribution in [1.29, 1.82) is 0 Å². The third-order valence-corrected chi connectivity index (χ3v) is 5.22. The maximum absolute atomic E-state index is 11.6. The Bertz CT molecular complexity index is 660. The summed E-state index contributed by atoms with van der Waals surface area (Å²) in [6.45, 7) is 8.83. The Morgan fingerprint density at radius 1 is 1.39 bits per heavy atom. The van der Waals surface area contributed by atoms with E-state index in [1.165, 1.54) is 6.42 Å². The Labute approximate surface area is 169 Å². The summed E-state index contributed by atoms with van der Waals surface area (Å²) < 4.78 is 0. The molecule has 1 amide bonds. The number of nitrogens with one attached hydrogen (secondary N) is 2. The van der Waals surface area contributed by atoms with Gasteiger partial charge in [0.1, 0.15) is 5.82 Å². The van der Waals surface area contributed by atoms with Crippen molar-refractivity contribution in [3.05, 3.63) is 23.9 Å². The van der Waals surface area contributed by atoms with E-state index < -0.39 is 0 Å². The summed E-state index contributed by atoms with van der Waals surface area (Å²) in [5.74, 6) is 2.09. The zero-order chi connectivity index (χ0) is 20.5. The molecule has 1 fully saturated rings. The maximum atomic E-state index is 11.6. The van der Waals surface area contributed by atoms with E-state index in [2.05, 4.69) is 52.3 Å². The number of pyridine rings is 1. The van der Waals surface area contributed by atoms with Gasteiger partial charge in [0.15, 0.2) is 5.96 Å². The summed E-state index contributed by atoms with van der Waals surface area (Å²) in [6.07, 6.45) is 5.91. The van der Waals surface area contributed by atoms with E-state index in [-0.39, 0.29) is 11.8 Å². The van der Waals surface area contributed by atoms with Gasteiger partial charge < -0.3 is 21.3 Å². The zero-order valence-corrected chi connectivity index (χ0v) is 17.7. The number of carbonyl (C=O) groups excluding carboxylic acids is 1. The maximum Gasteiger partial charge on any atom is 0.222 e. The van der Waals surface area contributed by atoms with Crippen LogP contribution in [0.2, 0.25) is 0 Å². The Balaban J connectivity index is 1.97. The average Bonchev–Trinajstić information content (AvgIpc) is 2.69. The number of primary amides is 1. The highest BCUT2D eigenvalue weighted by molar-refractivity contribution is 5.80. The van der Waals surface area contributed by atoms with Crippen molar-refractivity contribution in [2.45, 2.75) is 59.0 Å². The highest BCUT2D eigenvalue weighted by atomic mass is 16.1. The number of nitrogens with zero attached hydrogens (tertiary/aromatic N) is 3. The van der Waals surface area contributed by atoms with E-state index in [0.717, 1.165) is 43.1 Å². The summed E-state index contributed by atoms with van der Waals surface area (Å²) in [5.41, 5.74) is 6.62. The van der Waals surface area contributed by atoms with Crippen LogP contribution >= 0.6 is 0 Å². The minimum atomic E-state index is -0.222. The van der Waals surface area contributed by atoms with Crippen LogP contribution in [0.25, 0.3) is 0 Å². The first-order valence-corrected chi connectivity index (χ1v) is 10.4. The minimum absolute atomic E-state index is 0.104. The van der Waals surface area contributed by atoms with Crippen LogP contribution in [0, 0.1) is 11.8 Å². The molecular formula is C21H36N6O. The minimum Gasteiger partial charge on any atom is -0.369 e.